The number of thioether (sulfide) groups is 1. The molecule has 1 nitrogen and oxygen atoms in total. The number of nitrogens with two attached hydrogens (primary N) is 1. The number of benzene rings is 1. The summed E-state index contributed by atoms with van der Waals surface area (Å²) < 4.78 is 26.1. The van der Waals surface area contributed by atoms with E-state index in [2.05, 4.69) is 13.8 Å². The molecule has 0 aromatic heterocycles. The van der Waals surface area contributed by atoms with Crippen molar-refractivity contribution in [2.24, 2.45) is 5.73 Å². The molecule has 0 bridgehead atoms. The van der Waals surface area contributed by atoms with Gasteiger partial charge in [-0.25, -0.2) is 8.78 Å². The van der Waals surface area contributed by atoms with Crippen molar-refractivity contribution < 1.29 is 8.78 Å². The number of rotatable bonds is 5. The van der Waals surface area contributed by atoms with Gasteiger partial charge in [-0.15, -0.1) is 0 Å². The third kappa shape index (κ3) is 3.76. The lowest BCUT2D eigenvalue weighted by Crippen LogP contribution is -2.16. The molecule has 16 heavy (non-hydrogen) atoms. The first kappa shape index (κ1) is 13.5. The minimum absolute atomic E-state index is 0.375. The lowest BCUT2D eigenvalue weighted by atomic mass is 10.1. The Kier molecular flexibility index (Phi) is 5.22. The van der Waals surface area contributed by atoms with E-state index in [1.54, 1.807) is 11.8 Å². The molecule has 4 heteroatoms. The van der Waals surface area contributed by atoms with Gasteiger partial charge in [0, 0.05) is 28.7 Å². The topological polar surface area (TPSA) is 26.0 Å². The van der Waals surface area contributed by atoms with Crippen LogP contribution in [0.2, 0.25) is 0 Å². The van der Waals surface area contributed by atoms with Crippen molar-refractivity contribution in [1.29, 1.82) is 0 Å². The molecule has 0 saturated carbocycles. The summed E-state index contributed by atoms with van der Waals surface area (Å²) in [6.07, 6.45) is 1.06. The van der Waals surface area contributed by atoms with Crippen LogP contribution in [0.4, 0.5) is 8.78 Å². The van der Waals surface area contributed by atoms with Crippen LogP contribution in [0.1, 0.15) is 31.9 Å². The third-order valence-corrected chi connectivity index (χ3v) is 3.95. The van der Waals surface area contributed by atoms with Gasteiger partial charge in [0.2, 0.25) is 0 Å². The smallest absolute Gasteiger partial charge is 0.130 e. The predicted octanol–water partition coefficient (Wildman–Crippen LogP) is 3.50. The molecule has 1 aromatic rings. The van der Waals surface area contributed by atoms with E-state index in [4.69, 9.17) is 5.73 Å². The molecule has 0 aliphatic carbocycles. The average molecular weight is 245 g/mol. The minimum atomic E-state index is -0.567. The Morgan fingerprint density at radius 2 is 2.06 bits per heavy atom. The summed E-state index contributed by atoms with van der Waals surface area (Å²) in [7, 11) is 0. The van der Waals surface area contributed by atoms with Crippen molar-refractivity contribution >= 4 is 11.8 Å². The zero-order chi connectivity index (χ0) is 12.1. The van der Waals surface area contributed by atoms with Crippen LogP contribution in [-0.2, 0) is 0 Å². The highest BCUT2D eigenvalue weighted by Crippen LogP contribution is 2.23. The summed E-state index contributed by atoms with van der Waals surface area (Å²) in [5.41, 5.74) is 6.25. The Hall–Kier alpha value is -0.610. The maximum atomic E-state index is 13.4. The molecular formula is C12H17F2NS. The van der Waals surface area contributed by atoms with Crippen LogP contribution >= 0.6 is 11.8 Å². The standard InChI is InChI=1S/C12H17F2NS/c1-3-8(2)16-7-12(15)10-5-4-9(13)6-11(10)14/h4-6,8,12H,3,7,15H2,1-2H3. The maximum absolute atomic E-state index is 13.4. The molecule has 90 valence electrons. The van der Waals surface area contributed by atoms with Crippen LogP contribution in [0, 0.1) is 11.6 Å². The Morgan fingerprint density at radius 3 is 2.62 bits per heavy atom. The summed E-state index contributed by atoms with van der Waals surface area (Å²) in [5.74, 6) is -0.474. The van der Waals surface area contributed by atoms with Gasteiger partial charge in [0.25, 0.3) is 0 Å². The molecular weight excluding hydrogens is 228 g/mol. The van der Waals surface area contributed by atoms with Crippen LogP contribution in [0.15, 0.2) is 18.2 Å². The van der Waals surface area contributed by atoms with Crippen LogP contribution in [0.25, 0.3) is 0 Å². The van der Waals surface area contributed by atoms with Gasteiger partial charge in [0.05, 0.1) is 0 Å². The molecule has 2 unspecified atom stereocenters. The van der Waals surface area contributed by atoms with E-state index in [1.807, 2.05) is 0 Å². The molecule has 0 saturated heterocycles. The summed E-state index contributed by atoms with van der Waals surface area (Å²) in [5, 5.41) is 0.509. The fourth-order valence-corrected chi connectivity index (χ4v) is 2.23. The normalized spacial score (nSPS) is 14.8. The Bertz CT molecular complexity index is 344. The summed E-state index contributed by atoms with van der Waals surface area (Å²) in [6.45, 7) is 4.21. The Morgan fingerprint density at radius 1 is 1.38 bits per heavy atom. The first-order chi connectivity index (χ1) is 7.54. The highest BCUT2D eigenvalue weighted by molar-refractivity contribution is 7.99. The molecule has 0 fully saturated rings. The molecule has 1 rings (SSSR count). The molecule has 0 spiro atoms. The van der Waals surface area contributed by atoms with Crippen molar-refractivity contribution in [3.05, 3.63) is 35.4 Å². The maximum Gasteiger partial charge on any atom is 0.130 e. The fraction of sp³-hybridized carbons (Fsp3) is 0.500. The van der Waals surface area contributed by atoms with E-state index in [-0.39, 0.29) is 6.04 Å². The zero-order valence-corrected chi connectivity index (χ0v) is 10.4. The van der Waals surface area contributed by atoms with Crippen molar-refractivity contribution in [2.45, 2.75) is 31.6 Å². The van der Waals surface area contributed by atoms with Gasteiger partial charge in [-0.1, -0.05) is 19.9 Å². The quantitative estimate of drug-likeness (QED) is 0.859. The summed E-state index contributed by atoms with van der Waals surface area (Å²) >= 11 is 1.71. The first-order valence-corrected chi connectivity index (χ1v) is 6.41. The zero-order valence-electron chi connectivity index (χ0n) is 9.54. The van der Waals surface area contributed by atoms with Crippen molar-refractivity contribution in [2.75, 3.05) is 5.75 Å². The second-order valence-electron chi connectivity index (χ2n) is 3.82. The molecule has 0 heterocycles. The van der Waals surface area contributed by atoms with Crippen LogP contribution < -0.4 is 5.73 Å². The third-order valence-electron chi connectivity index (χ3n) is 2.50. The van der Waals surface area contributed by atoms with E-state index >= 15 is 0 Å². The SMILES string of the molecule is CCC(C)SCC(N)c1ccc(F)cc1F. The lowest BCUT2D eigenvalue weighted by molar-refractivity contribution is 0.563. The Balaban J connectivity index is 2.62. The second kappa shape index (κ2) is 6.21. The molecule has 0 radical (unpaired) electrons. The van der Waals surface area contributed by atoms with Gasteiger partial charge in [0.1, 0.15) is 11.6 Å². The fourth-order valence-electron chi connectivity index (χ4n) is 1.28. The van der Waals surface area contributed by atoms with E-state index in [0.717, 1.165) is 12.5 Å². The number of hydrogen-bond donors (Lipinski definition) is 1. The van der Waals surface area contributed by atoms with E-state index in [0.29, 0.717) is 16.6 Å². The predicted molar refractivity (Wildman–Crippen MR) is 65.5 cm³/mol. The monoisotopic (exact) mass is 245 g/mol. The molecule has 0 amide bonds. The number of hydrogen-bond acceptors (Lipinski definition) is 2. The minimum Gasteiger partial charge on any atom is -0.323 e. The highest BCUT2D eigenvalue weighted by atomic mass is 32.2. The molecule has 1 aromatic carbocycles. The molecule has 2 N–H and O–H groups in total. The largest absolute Gasteiger partial charge is 0.323 e. The summed E-state index contributed by atoms with van der Waals surface area (Å²) in [4.78, 5) is 0. The second-order valence-corrected chi connectivity index (χ2v) is 5.30. The van der Waals surface area contributed by atoms with Crippen molar-refractivity contribution in [3.8, 4) is 0 Å². The molecule has 2 atom stereocenters. The summed E-state index contributed by atoms with van der Waals surface area (Å²) in [6, 6.07) is 3.17. The van der Waals surface area contributed by atoms with Crippen molar-refractivity contribution in [1.82, 2.24) is 0 Å². The molecule has 0 aliphatic rings. The van der Waals surface area contributed by atoms with E-state index in [9.17, 15) is 8.78 Å². The van der Waals surface area contributed by atoms with Gasteiger partial charge in [-0.3, -0.25) is 0 Å². The van der Waals surface area contributed by atoms with Crippen LogP contribution in [0.3, 0.4) is 0 Å². The van der Waals surface area contributed by atoms with E-state index in [1.165, 1.54) is 12.1 Å². The molecule has 0 aliphatic heterocycles. The lowest BCUT2D eigenvalue weighted by Gasteiger charge is -2.15. The average Bonchev–Trinajstić information content (AvgIpc) is 2.25. The van der Waals surface area contributed by atoms with Gasteiger partial charge in [0.15, 0.2) is 0 Å². The first-order valence-electron chi connectivity index (χ1n) is 5.36. The van der Waals surface area contributed by atoms with Crippen LogP contribution in [-0.4, -0.2) is 11.0 Å². The van der Waals surface area contributed by atoms with Gasteiger partial charge in [-0.2, -0.15) is 11.8 Å². The number of halogens is 2. The Labute approximate surface area is 99.4 Å². The van der Waals surface area contributed by atoms with Gasteiger partial charge in [-0.05, 0) is 12.5 Å². The van der Waals surface area contributed by atoms with Crippen LogP contribution in [0.5, 0.6) is 0 Å². The van der Waals surface area contributed by atoms with E-state index < -0.39 is 11.6 Å². The van der Waals surface area contributed by atoms with Crippen molar-refractivity contribution in [3.63, 3.8) is 0 Å². The highest BCUT2D eigenvalue weighted by Gasteiger charge is 2.13. The van der Waals surface area contributed by atoms with Gasteiger partial charge < -0.3 is 5.73 Å². The van der Waals surface area contributed by atoms with Gasteiger partial charge >= 0.3 is 0 Å².